The highest BCUT2D eigenvalue weighted by molar-refractivity contribution is 7.09. The molecule has 0 radical (unpaired) electrons. The van der Waals surface area contributed by atoms with Gasteiger partial charge in [-0.25, -0.2) is 9.78 Å². The average Bonchev–Trinajstić information content (AvgIpc) is 3.18. The van der Waals surface area contributed by atoms with Gasteiger partial charge in [-0.2, -0.15) is 0 Å². The van der Waals surface area contributed by atoms with Crippen LogP contribution in [0.25, 0.3) is 0 Å². The fraction of sp³-hybridized carbons (Fsp3) is 0.667. The predicted octanol–water partition coefficient (Wildman–Crippen LogP) is 1.69. The van der Waals surface area contributed by atoms with E-state index < -0.39 is 11.4 Å². The van der Waals surface area contributed by atoms with Crippen molar-refractivity contribution in [1.29, 1.82) is 0 Å². The van der Waals surface area contributed by atoms with E-state index in [9.17, 15) is 14.7 Å². The number of hydrogen-bond donors (Lipinski definition) is 2. The Kier molecular flexibility index (Phi) is 4.54. The van der Waals surface area contributed by atoms with Crippen LogP contribution < -0.4 is 5.32 Å². The highest BCUT2D eigenvalue weighted by Gasteiger charge is 2.55. The molecule has 126 valence electrons. The van der Waals surface area contributed by atoms with E-state index in [4.69, 9.17) is 4.74 Å². The van der Waals surface area contributed by atoms with E-state index >= 15 is 0 Å². The fourth-order valence-electron chi connectivity index (χ4n) is 3.69. The van der Waals surface area contributed by atoms with Gasteiger partial charge in [0.2, 0.25) is 0 Å². The SMILES string of the molecule is COCc1nc(CNC(=O)N2C[C@@H]3CCC[C@@]3(C(=O)O)C2)cs1. The number of carbonyl (C=O) groups is 2. The number of nitrogens with one attached hydrogen (secondary N) is 1. The monoisotopic (exact) mass is 339 g/mol. The van der Waals surface area contributed by atoms with Crippen LogP contribution in [0.5, 0.6) is 0 Å². The number of thiazole rings is 1. The molecule has 7 nitrogen and oxygen atoms in total. The number of carbonyl (C=O) groups excluding carboxylic acids is 1. The van der Waals surface area contributed by atoms with E-state index in [0.29, 0.717) is 32.7 Å². The number of urea groups is 1. The molecule has 2 N–H and O–H groups in total. The molecule has 2 amide bonds. The number of amides is 2. The van der Waals surface area contributed by atoms with Gasteiger partial charge in [0.15, 0.2) is 0 Å². The fourth-order valence-corrected chi connectivity index (χ4v) is 4.46. The normalized spacial score (nSPS) is 26.3. The first-order valence-corrected chi connectivity index (χ1v) is 8.61. The number of carboxylic acids is 1. The Bertz CT molecular complexity index is 605. The largest absolute Gasteiger partial charge is 0.481 e. The van der Waals surface area contributed by atoms with Crippen LogP contribution in [-0.4, -0.2) is 47.2 Å². The molecule has 8 heteroatoms. The Labute approximate surface area is 138 Å². The summed E-state index contributed by atoms with van der Waals surface area (Å²) in [4.78, 5) is 30.0. The minimum absolute atomic E-state index is 0.0818. The van der Waals surface area contributed by atoms with Crippen LogP contribution in [0.4, 0.5) is 4.79 Å². The van der Waals surface area contributed by atoms with Crippen molar-refractivity contribution in [1.82, 2.24) is 15.2 Å². The summed E-state index contributed by atoms with van der Waals surface area (Å²) in [5.74, 6) is -0.683. The molecule has 0 bridgehead atoms. The lowest BCUT2D eigenvalue weighted by atomic mass is 9.81. The first-order chi connectivity index (χ1) is 11.0. The molecule has 1 saturated carbocycles. The molecule has 1 saturated heterocycles. The van der Waals surface area contributed by atoms with Crippen LogP contribution in [0.2, 0.25) is 0 Å². The predicted molar refractivity (Wildman–Crippen MR) is 84.0 cm³/mol. The molecule has 2 heterocycles. The van der Waals surface area contributed by atoms with Crippen molar-refractivity contribution in [3.63, 3.8) is 0 Å². The first-order valence-electron chi connectivity index (χ1n) is 7.73. The highest BCUT2D eigenvalue weighted by Crippen LogP contribution is 2.48. The second kappa shape index (κ2) is 6.45. The zero-order valence-corrected chi connectivity index (χ0v) is 13.9. The molecule has 2 fully saturated rings. The number of ether oxygens (including phenoxy) is 1. The number of hydrogen-bond acceptors (Lipinski definition) is 5. The molecular weight excluding hydrogens is 318 g/mol. The molecule has 3 rings (SSSR count). The summed E-state index contributed by atoms with van der Waals surface area (Å²) < 4.78 is 5.02. The summed E-state index contributed by atoms with van der Waals surface area (Å²) in [6.07, 6.45) is 2.50. The molecule has 0 unspecified atom stereocenters. The van der Waals surface area contributed by atoms with Crippen molar-refractivity contribution in [3.8, 4) is 0 Å². The zero-order chi connectivity index (χ0) is 16.4. The van der Waals surface area contributed by atoms with Crippen molar-refractivity contribution >= 4 is 23.3 Å². The van der Waals surface area contributed by atoms with Gasteiger partial charge in [0.05, 0.1) is 24.3 Å². The Morgan fingerprint density at radius 3 is 3.13 bits per heavy atom. The van der Waals surface area contributed by atoms with Gasteiger partial charge in [-0.1, -0.05) is 6.42 Å². The lowest BCUT2D eigenvalue weighted by molar-refractivity contribution is -0.149. The van der Waals surface area contributed by atoms with Gasteiger partial charge < -0.3 is 20.1 Å². The molecule has 0 aromatic carbocycles. The van der Waals surface area contributed by atoms with Crippen molar-refractivity contribution in [2.24, 2.45) is 11.3 Å². The number of likely N-dealkylation sites (tertiary alicyclic amines) is 1. The van der Waals surface area contributed by atoms with Crippen molar-refractivity contribution in [2.45, 2.75) is 32.4 Å². The lowest BCUT2D eigenvalue weighted by Crippen LogP contribution is -2.41. The summed E-state index contributed by atoms with van der Waals surface area (Å²) >= 11 is 1.50. The second-order valence-electron chi connectivity index (χ2n) is 6.26. The van der Waals surface area contributed by atoms with Gasteiger partial charge in [-0.3, -0.25) is 4.79 Å². The van der Waals surface area contributed by atoms with Gasteiger partial charge in [0.25, 0.3) is 0 Å². The molecule has 1 aromatic rings. The summed E-state index contributed by atoms with van der Waals surface area (Å²) in [5.41, 5.74) is 0.0617. The number of aliphatic carboxylic acids is 1. The van der Waals surface area contributed by atoms with E-state index in [1.807, 2.05) is 5.38 Å². The Hall–Kier alpha value is -1.67. The summed E-state index contributed by atoms with van der Waals surface area (Å²) in [6.45, 7) is 1.66. The maximum atomic E-state index is 12.3. The highest BCUT2D eigenvalue weighted by atomic mass is 32.1. The second-order valence-corrected chi connectivity index (χ2v) is 7.20. The van der Waals surface area contributed by atoms with E-state index in [1.165, 1.54) is 11.3 Å². The van der Waals surface area contributed by atoms with Gasteiger partial charge in [-0.05, 0) is 18.8 Å². The smallest absolute Gasteiger partial charge is 0.317 e. The number of fused-ring (bicyclic) bond motifs is 1. The van der Waals surface area contributed by atoms with Crippen LogP contribution in [0.15, 0.2) is 5.38 Å². The van der Waals surface area contributed by atoms with Crippen molar-refractivity contribution < 1.29 is 19.4 Å². The van der Waals surface area contributed by atoms with Gasteiger partial charge >= 0.3 is 12.0 Å². The molecule has 2 atom stereocenters. The van der Waals surface area contributed by atoms with E-state index in [2.05, 4.69) is 10.3 Å². The molecule has 2 aliphatic rings. The van der Waals surface area contributed by atoms with E-state index in [-0.39, 0.29) is 11.9 Å². The topological polar surface area (TPSA) is 91.8 Å². The third kappa shape index (κ3) is 3.05. The van der Waals surface area contributed by atoms with Crippen LogP contribution in [0.1, 0.15) is 30.0 Å². The first kappa shape index (κ1) is 16.2. The third-order valence-corrected chi connectivity index (χ3v) is 5.74. The maximum absolute atomic E-state index is 12.3. The quantitative estimate of drug-likeness (QED) is 0.852. The van der Waals surface area contributed by atoms with Crippen LogP contribution in [0, 0.1) is 11.3 Å². The number of nitrogens with zero attached hydrogens (tertiary/aromatic N) is 2. The molecule has 0 spiro atoms. The number of methoxy groups -OCH3 is 1. The van der Waals surface area contributed by atoms with Crippen LogP contribution >= 0.6 is 11.3 Å². The molecule has 1 aromatic heterocycles. The number of carboxylic acid groups (broad SMARTS) is 1. The van der Waals surface area contributed by atoms with Crippen LogP contribution in [-0.2, 0) is 22.7 Å². The van der Waals surface area contributed by atoms with Gasteiger partial charge in [-0.15, -0.1) is 11.3 Å². The number of rotatable bonds is 5. The lowest BCUT2D eigenvalue weighted by Gasteiger charge is -2.23. The van der Waals surface area contributed by atoms with E-state index in [1.54, 1.807) is 12.0 Å². The van der Waals surface area contributed by atoms with Crippen LogP contribution in [0.3, 0.4) is 0 Å². The summed E-state index contributed by atoms with van der Waals surface area (Å²) in [6, 6.07) is -0.207. The van der Waals surface area contributed by atoms with Gasteiger partial charge in [0.1, 0.15) is 5.01 Å². The Balaban J connectivity index is 1.56. The molecule has 1 aliphatic carbocycles. The maximum Gasteiger partial charge on any atom is 0.317 e. The summed E-state index contributed by atoms with van der Waals surface area (Å²) in [5, 5.41) is 15.2. The standard InChI is InChI=1S/C15H21N3O4S/c1-22-7-12-17-11(8-23-12)5-16-14(21)18-6-10-3-2-4-15(10,9-18)13(19)20/h8,10H,2-7,9H2,1H3,(H,16,21)(H,19,20)/t10-,15+/m0/s1. The third-order valence-electron chi connectivity index (χ3n) is 4.87. The zero-order valence-electron chi connectivity index (χ0n) is 13.1. The Morgan fingerprint density at radius 2 is 2.43 bits per heavy atom. The van der Waals surface area contributed by atoms with Crippen molar-refractivity contribution in [3.05, 3.63) is 16.1 Å². The minimum atomic E-state index is -0.765. The van der Waals surface area contributed by atoms with Crippen molar-refractivity contribution in [2.75, 3.05) is 20.2 Å². The molecular formula is C15H21N3O4S. The van der Waals surface area contributed by atoms with E-state index in [0.717, 1.165) is 23.5 Å². The average molecular weight is 339 g/mol. The molecule has 1 aliphatic heterocycles. The Morgan fingerprint density at radius 1 is 1.61 bits per heavy atom. The summed E-state index contributed by atoms with van der Waals surface area (Å²) in [7, 11) is 1.62. The minimum Gasteiger partial charge on any atom is -0.481 e. The number of aromatic nitrogens is 1. The molecule has 23 heavy (non-hydrogen) atoms. The van der Waals surface area contributed by atoms with Gasteiger partial charge in [0, 0.05) is 25.6 Å².